The normalized spacial score (nSPS) is 14.7. The van der Waals surface area contributed by atoms with Crippen molar-refractivity contribution in [3.63, 3.8) is 0 Å². The van der Waals surface area contributed by atoms with Crippen LogP contribution in [0.4, 0.5) is 0 Å². The van der Waals surface area contributed by atoms with Crippen LogP contribution in [0.3, 0.4) is 0 Å². The number of rotatable bonds is 5. The number of hydrogen-bond donors (Lipinski definition) is 1. The molecule has 0 saturated carbocycles. The Labute approximate surface area is 101 Å². The first-order valence-electron chi connectivity index (χ1n) is 4.52. The van der Waals surface area contributed by atoms with E-state index in [0.717, 1.165) is 0 Å². The molecular weight excluding hydrogens is 322 g/mol. The Bertz CT molecular complexity index is 379. The third-order valence-electron chi connectivity index (χ3n) is 1.88. The third kappa shape index (κ3) is 4.36. The molecule has 1 aromatic carbocycles. The number of carboxylic acids is 1. The summed E-state index contributed by atoms with van der Waals surface area (Å²) in [4.78, 5) is 10.3. The van der Waals surface area contributed by atoms with Crippen LogP contribution in [-0.4, -0.2) is 39.7 Å². The number of carboxylic acid groups (broad SMARTS) is 1. The van der Waals surface area contributed by atoms with E-state index in [0.29, 0.717) is 5.30 Å². The summed E-state index contributed by atoms with van der Waals surface area (Å²) in [6.45, 7) is 0.0227. The number of benzene rings is 1. The van der Waals surface area contributed by atoms with Crippen molar-refractivity contribution in [1.29, 1.82) is 0 Å². The SMILES string of the molecule is O=C(O)CCO[P](=O)([SnH3])c1ccccc1. The van der Waals surface area contributed by atoms with Crippen LogP contribution in [0.1, 0.15) is 6.42 Å². The fraction of sp³-hybridized carbons (Fsp3) is 0.222. The summed E-state index contributed by atoms with van der Waals surface area (Å²) in [7, 11) is 0. The van der Waals surface area contributed by atoms with E-state index in [9.17, 15) is 9.36 Å². The average molecular weight is 335 g/mol. The molecule has 0 aliphatic heterocycles. The van der Waals surface area contributed by atoms with Crippen molar-refractivity contribution < 1.29 is 19.0 Å². The zero-order chi connectivity index (χ0) is 11.3. The standard InChI is InChI=1S/C9H9O4P.Sn.3H/c10-9(11)6-7-13-14(12)8-4-2-1-3-5-8;;;;/h1-5H,6-7H2;;;;/q;-1;;;/p+1. The van der Waals surface area contributed by atoms with Gasteiger partial charge in [-0.3, -0.25) is 0 Å². The summed E-state index contributed by atoms with van der Waals surface area (Å²) in [5.41, 5.74) is 0. The van der Waals surface area contributed by atoms with Crippen molar-refractivity contribution in [3.05, 3.63) is 30.3 Å². The van der Waals surface area contributed by atoms with Crippen molar-refractivity contribution in [1.82, 2.24) is 0 Å². The molecule has 0 heterocycles. The van der Waals surface area contributed by atoms with Crippen molar-refractivity contribution in [2.75, 3.05) is 6.61 Å². The van der Waals surface area contributed by atoms with Gasteiger partial charge in [0.2, 0.25) is 0 Å². The fourth-order valence-electron chi connectivity index (χ4n) is 1.08. The zero-order valence-corrected chi connectivity index (χ0v) is 15.0. The topological polar surface area (TPSA) is 63.6 Å². The molecule has 1 N–H and O–H groups in total. The Hall–Kier alpha value is -0.321. The van der Waals surface area contributed by atoms with Crippen LogP contribution >= 0.6 is 5.02 Å². The van der Waals surface area contributed by atoms with E-state index in [2.05, 4.69) is 0 Å². The summed E-state index contributed by atoms with van der Waals surface area (Å²) in [6, 6.07) is 8.98. The van der Waals surface area contributed by atoms with Crippen LogP contribution < -0.4 is 5.30 Å². The van der Waals surface area contributed by atoms with Crippen molar-refractivity contribution in [2.24, 2.45) is 0 Å². The molecule has 4 nitrogen and oxygen atoms in total. The van der Waals surface area contributed by atoms with Gasteiger partial charge in [0.1, 0.15) is 0 Å². The fourth-order valence-corrected chi connectivity index (χ4v) is 6.50. The average Bonchev–Trinajstić information content (AvgIpc) is 2.18. The Morgan fingerprint density at radius 3 is 2.53 bits per heavy atom. The van der Waals surface area contributed by atoms with Crippen LogP contribution in [0, 0.1) is 0 Å². The molecule has 82 valence electrons. The van der Waals surface area contributed by atoms with Gasteiger partial charge >= 0.3 is 101 Å². The second-order valence-electron chi connectivity index (χ2n) is 3.16. The van der Waals surface area contributed by atoms with Crippen LogP contribution in [0.25, 0.3) is 0 Å². The van der Waals surface area contributed by atoms with Crippen molar-refractivity contribution >= 4 is 38.3 Å². The third-order valence-corrected chi connectivity index (χ3v) is 10.4. The number of aliphatic carboxylic acids is 1. The molecule has 6 heteroatoms. The molecule has 0 amide bonds. The van der Waals surface area contributed by atoms with E-state index < -0.39 is 11.0 Å². The van der Waals surface area contributed by atoms with Gasteiger partial charge < -0.3 is 0 Å². The van der Waals surface area contributed by atoms with E-state index in [1.165, 1.54) is 0 Å². The van der Waals surface area contributed by atoms with E-state index in [1.807, 2.05) is 6.07 Å². The van der Waals surface area contributed by atoms with Crippen LogP contribution in [0.15, 0.2) is 30.3 Å². The molecule has 0 fully saturated rings. The van der Waals surface area contributed by atoms with Gasteiger partial charge in [-0.1, -0.05) is 0 Å². The Kier molecular flexibility index (Phi) is 4.83. The molecule has 0 saturated heterocycles. The molecule has 15 heavy (non-hydrogen) atoms. The molecule has 1 aromatic rings. The van der Waals surface area contributed by atoms with E-state index in [1.54, 1.807) is 24.3 Å². The minimum absolute atomic E-state index is 0.0227. The molecule has 0 radical (unpaired) electrons. The van der Waals surface area contributed by atoms with Crippen molar-refractivity contribution in [3.8, 4) is 0 Å². The maximum atomic E-state index is 12.1. The Morgan fingerprint density at radius 1 is 1.40 bits per heavy atom. The minimum atomic E-state index is -2.65. The van der Waals surface area contributed by atoms with Gasteiger partial charge in [-0.2, -0.15) is 0 Å². The molecule has 0 aromatic heterocycles. The van der Waals surface area contributed by atoms with Gasteiger partial charge in [0.05, 0.1) is 0 Å². The first kappa shape index (κ1) is 12.7. The quantitative estimate of drug-likeness (QED) is 0.624. The predicted molar refractivity (Wildman–Crippen MR) is 61.8 cm³/mol. The van der Waals surface area contributed by atoms with Crippen LogP contribution in [0.2, 0.25) is 0 Å². The van der Waals surface area contributed by atoms with E-state index >= 15 is 0 Å². The van der Waals surface area contributed by atoms with E-state index in [4.69, 9.17) is 9.63 Å². The second-order valence-corrected chi connectivity index (χ2v) is 15.7. The monoisotopic (exact) mass is 336 g/mol. The summed E-state index contributed by atoms with van der Waals surface area (Å²) in [5, 5.41) is 6.47. The molecule has 0 aliphatic rings. The molecule has 1 rings (SSSR count). The summed E-state index contributed by atoms with van der Waals surface area (Å²) in [6.07, 6.45) is -0.101. The maximum absolute atomic E-state index is 12.1. The van der Waals surface area contributed by atoms with Gasteiger partial charge in [-0.05, 0) is 0 Å². The van der Waals surface area contributed by atoms with Gasteiger partial charge in [0, 0.05) is 0 Å². The molecule has 0 aliphatic carbocycles. The Morgan fingerprint density at radius 2 is 2.00 bits per heavy atom. The summed E-state index contributed by atoms with van der Waals surface area (Å²) < 4.78 is 17.3. The zero-order valence-electron chi connectivity index (χ0n) is 8.42. The van der Waals surface area contributed by atoms with Crippen molar-refractivity contribution in [2.45, 2.75) is 6.42 Å². The second kappa shape index (κ2) is 5.68. The van der Waals surface area contributed by atoms with Gasteiger partial charge in [-0.25, -0.2) is 0 Å². The number of carbonyl (C=O) groups is 1. The van der Waals surface area contributed by atoms with Crippen LogP contribution in [0.5, 0.6) is 0 Å². The molecule has 0 bridgehead atoms. The first-order chi connectivity index (χ1) is 7.02. The number of hydrogen-bond acceptors (Lipinski definition) is 3. The summed E-state index contributed by atoms with van der Waals surface area (Å²) >= 11 is -0.179. The molecule has 0 spiro atoms. The van der Waals surface area contributed by atoms with Gasteiger partial charge in [-0.15, -0.1) is 0 Å². The Balaban J connectivity index is 2.60. The summed E-state index contributed by atoms with van der Waals surface area (Å²) in [5.74, 6) is -0.932. The van der Waals surface area contributed by atoms with Gasteiger partial charge in [0.15, 0.2) is 0 Å². The van der Waals surface area contributed by atoms with E-state index in [-0.39, 0.29) is 35.0 Å². The molecule has 1 atom stereocenters. The van der Waals surface area contributed by atoms with Crippen LogP contribution in [-0.2, 0) is 13.9 Å². The molecule has 1 unspecified atom stereocenters. The van der Waals surface area contributed by atoms with Gasteiger partial charge in [0.25, 0.3) is 0 Å². The molecular formula is C9H13O4PSn. The first-order valence-corrected chi connectivity index (χ1v) is 14.2. The predicted octanol–water partition coefficient (Wildman–Crippen LogP) is 0.362.